The maximum Gasteiger partial charge on any atom is 0.317 e. The molecule has 0 bridgehead atoms. The van der Waals surface area contributed by atoms with E-state index in [9.17, 15) is 18.0 Å². The van der Waals surface area contributed by atoms with Crippen molar-refractivity contribution in [1.82, 2.24) is 10.2 Å². The molecule has 0 unspecified atom stereocenters. The van der Waals surface area contributed by atoms with E-state index in [1.54, 1.807) is 16.9 Å². The number of carbonyl (C=O) groups is 1. The number of urea groups is 1. The molecule has 5 nitrogen and oxygen atoms in total. The third kappa shape index (κ3) is 4.32. The fourth-order valence-electron chi connectivity index (χ4n) is 3.24. The van der Waals surface area contributed by atoms with Crippen molar-refractivity contribution in [3.8, 4) is 5.75 Å². The van der Waals surface area contributed by atoms with E-state index >= 15 is 0 Å². The monoisotopic (exact) mass is 393 g/mol. The van der Waals surface area contributed by atoms with E-state index in [2.05, 4.69) is 5.32 Å². The standard InChI is InChI=1S/C20H22F3N3O2/c1-28-17-5-3-2-4-14(17)8-9-24-20(27)26-12-10-25(11-13-26)16-7-6-15(21)18(22)19(16)23/h2-7H,8-13H2,1H3,(H,24,27). The van der Waals surface area contributed by atoms with Crippen molar-refractivity contribution in [3.63, 3.8) is 0 Å². The van der Waals surface area contributed by atoms with E-state index in [1.165, 1.54) is 6.07 Å². The molecule has 2 aromatic rings. The average Bonchev–Trinajstić information content (AvgIpc) is 2.72. The molecule has 0 atom stereocenters. The molecule has 2 aromatic carbocycles. The van der Waals surface area contributed by atoms with Crippen molar-refractivity contribution in [3.05, 3.63) is 59.4 Å². The highest BCUT2D eigenvalue weighted by atomic mass is 19.2. The van der Waals surface area contributed by atoms with Gasteiger partial charge in [0.15, 0.2) is 17.5 Å². The van der Waals surface area contributed by atoms with Crippen LogP contribution in [0.5, 0.6) is 5.75 Å². The van der Waals surface area contributed by atoms with Gasteiger partial charge in [0.25, 0.3) is 0 Å². The van der Waals surface area contributed by atoms with Gasteiger partial charge in [-0.2, -0.15) is 0 Å². The van der Waals surface area contributed by atoms with Gasteiger partial charge in [0, 0.05) is 32.7 Å². The number of hydrogen-bond donors (Lipinski definition) is 1. The predicted octanol–water partition coefficient (Wildman–Crippen LogP) is 3.19. The van der Waals surface area contributed by atoms with Gasteiger partial charge in [-0.1, -0.05) is 18.2 Å². The number of para-hydroxylation sites is 1. The first kappa shape index (κ1) is 19.9. The lowest BCUT2D eigenvalue weighted by atomic mass is 10.1. The van der Waals surface area contributed by atoms with E-state index in [-0.39, 0.29) is 11.7 Å². The SMILES string of the molecule is COc1ccccc1CCNC(=O)N1CCN(c2ccc(F)c(F)c2F)CC1. The van der Waals surface area contributed by atoms with E-state index in [0.717, 1.165) is 17.4 Å². The first-order valence-electron chi connectivity index (χ1n) is 9.04. The molecule has 1 saturated heterocycles. The summed E-state index contributed by atoms with van der Waals surface area (Å²) >= 11 is 0. The molecule has 28 heavy (non-hydrogen) atoms. The van der Waals surface area contributed by atoms with Crippen LogP contribution < -0.4 is 15.0 Å². The molecule has 1 heterocycles. The molecule has 1 aliphatic heterocycles. The lowest BCUT2D eigenvalue weighted by Crippen LogP contribution is -2.52. The number of methoxy groups -OCH3 is 1. The Morgan fingerprint density at radius 3 is 2.46 bits per heavy atom. The second-order valence-electron chi connectivity index (χ2n) is 6.46. The first-order chi connectivity index (χ1) is 13.5. The Bertz CT molecular complexity index is 839. The van der Waals surface area contributed by atoms with Gasteiger partial charge in [0.2, 0.25) is 0 Å². The Morgan fingerprint density at radius 2 is 1.75 bits per heavy atom. The first-order valence-corrected chi connectivity index (χ1v) is 9.04. The molecule has 0 radical (unpaired) electrons. The van der Waals surface area contributed by atoms with Crippen LogP contribution in [-0.4, -0.2) is 50.8 Å². The number of rotatable bonds is 5. The highest BCUT2D eigenvalue weighted by Gasteiger charge is 2.24. The Kier molecular flexibility index (Phi) is 6.28. The summed E-state index contributed by atoms with van der Waals surface area (Å²) in [5.41, 5.74) is 1.01. The van der Waals surface area contributed by atoms with Crippen LogP contribution in [0.2, 0.25) is 0 Å². The summed E-state index contributed by atoms with van der Waals surface area (Å²) in [6.45, 7) is 1.85. The van der Waals surface area contributed by atoms with Crippen LogP contribution in [-0.2, 0) is 6.42 Å². The minimum absolute atomic E-state index is 0.00938. The van der Waals surface area contributed by atoms with Gasteiger partial charge in [-0.15, -0.1) is 0 Å². The van der Waals surface area contributed by atoms with E-state index in [0.29, 0.717) is 39.1 Å². The summed E-state index contributed by atoms with van der Waals surface area (Å²) in [5, 5.41) is 2.86. The Morgan fingerprint density at radius 1 is 1.04 bits per heavy atom. The normalized spacial score (nSPS) is 14.1. The van der Waals surface area contributed by atoms with Gasteiger partial charge >= 0.3 is 6.03 Å². The zero-order chi connectivity index (χ0) is 20.1. The number of carbonyl (C=O) groups excluding carboxylic acids is 1. The molecule has 0 aliphatic carbocycles. The summed E-state index contributed by atoms with van der Waals surface area (Å²) < 4.78 is 45.7. The Hall–Kier alpha value is -2.90. The van der Waals surface area contributed by atoms with Crippen LogP contribution in [0.25, 0.3) is 0 Å². The van der Waals surface area contributed by atoms with Gasteiger partial charge in [-0.3, -0.25) is 0 Å². The molecular formula is C20H22F3N3O2. The molecule has 0 spiro atoms. The van der Waals surface area contributed by atoms with Crippen molar-refractivity contribution >= 4 is 11.7 Å². The number of piperazine rings is 1. The van der Waals surface area contributed by atoms with Crippen molar-refractivity contribution < 1.29 is 22.7 Å². The third-order valence-electron chi connectivity index (χ3n) is 4.79. The van der Waals surface area contributed by atoms with Gasteiger partial charge in [-0.25, -0.2) is 18.0 Å². The van der Waals surface area contributed by atoms with E-state index in [1.807, 2.05) is 24.3 Å². The molecule has 150 valence electrons. The quantitative estimate of drug-likeness (QED) is 0.794. The smallest absolute Gasteiger partial charge is 0.317 e. The third-order valence-corrected chi connectivity index (χ3v) is 4.79. The number of nitrogens with one attached hydrogen (secondary N) is 1. The number of nitrogens with zero attached hydrogens (tertiary/aromatic N) is 2. The summed E-state index contributed by atoms with van der Waals surface area (Å²) in [5.74, 6) is -3.11. The fraction of sp³-hybridized carbons (Fsp3) is 0.350. The minimum Gasteiger partial charge on any atom is -0.496 e. The number of hydrogen-bond acceptors (Lipinski definition) is 3. The molecule has 0 saturated carbocycles. The van der Waals surface area contributed by atoms with Crippen LogP contribution >= 0.6 is 0 Å². The van der Waals surface area contributed by atoms with Crippen molar-refractivity contribution in [2.75, 3.05) is 44.7 Å². The summed E-state index contributed by atoms with van der Waals surface area (Å²) in [4.78, 5) is 15.6. The van der Waals surface area contributed by atoms with Gasteiger partial charge < -0.3 is 19.9 Å². The second kappa shape index (κ2) is 8.86. The van der Waals surface area contributed by atoms with Gasteiger partial charge in [0.1, 0.15) is 5.75 Å². The molecular weight excluding hydrogens is 371 g/mol. The van der Waals surface area contributed by atoms with Crippen molar-refractivity contribution in [2.45, 2.75) is 6.42 Å². The molecule has 1 aliphatic rings. The highest BCUT2D eigenvalue weighted by Crippen LogP contribution is 2.24. The van der Waals surface area contributed by atoms with Crippen LogP contribution in [0, 0.1) is 17.5 Å². The topological polar surface area (TPSA) is 44.8 Å². The number of amides is 2. The van der Waals surface area contributed by atoms with E-state index < -0.39 is 17.5 Å². The summed E-state index contributed by atoms with van der Waals surface area (Å²) in [6.07, 6.45) is 0.635. The lowest BCUT2D eigenvalue weighted by Gasteiger charge is -2.36. The molecule has 2 amide bonds. The Balaban J connectivity index is 1.49. The maximum atomic E-state index is 13.9. The maximum absolute atomic E-state index is 13.9. The number of benzene rings is 2. The largest absolute Gasteiger partial charge is 0.496 e. The zero-order valence-corrected chi connectivity index (χ0v) is 15.6. The van der Waals surface area contributed by atoms with Crippen LogP contribution in [0.4, 0.5) is 23.7 Å². The molecule has 1 fully saturated rings. The minimum atomic E-state index is -1.48. The van der Waals surface area contributed by atoms with Crippen molar-refractivity contribution in [2.24, 2.45) is 0 Å². The van der Waals surface area contributed by atoms with Crippen LogP contribution in [0.3, 0.4) is 0 Å². The average molecular weight is 393 g/mol. The van der Waals surface area contributed by atoms with Gasteiger partial charge in [-0.05, 0) is 30.2 Å². The highest BCUT2D eigenvalue weighted by molar-refractivity contribution is 5.74. The lowest BCUT2D eigenvalue weighted by molar-refractivity contribution is 0.194. The zero-order valence-electron chi connectivity index (χ0n) is 15.6. The van der Waals surface area contributed by atoms with Gasteiger partial charge in [0.05, 0.1) is 12.8 Å². The number of ether oxygens (including phenoxy) is 1. The summed E-state index contributed by atoms with van der Waals surface area (Å²) in [6, 6.07) is 9.53. The van der Waals surface area contributed by atoms with Crippen LogP contribution in [0.1, 0.15) is 5.56 Å². The fourth-order valence-corrected chi connectivity index (χ4v) is 3.24. The second-order valence-corrected chi connectivity index (χ2v) is 6.46. The van der Waals surface area contributed by atoms with Crippen LogP contribution in [0.15, 0.2) is 36.4 Å². The molecule has 8 heteroatoms. The van der Waals surface area contributed by atoms with Crippen molar-refractivity contribution in [1.29, 1.82) is 0 Å². The molecule has 0 aromatic heterocycles. The Labute approximate surface area is 161 Å². The molecule has 1 N–H and O–H groups in total. The molecule has 3 rings (SSSR count). The summed E-state index contributed by atoms with van der Waals surface area (Å²) in [7, 11) is 1.60. The number of anilines is 1. The van der Waals surface area contributed by atoms with E-state index in [4.69, 9.17) is 4.74 Å². The predicted molar refractivity (Wildman–Crippen MR) is 100 cm³/mol. The number of halogens is 3.